The second-order valence-corrected chi connectivity index (χ2v) is 6.65. The number of nitrogens with zero attached hydrogens (tertiary/aromatic N) is 2. The van der Waals surface area contributed by atoms with Crippen molar-refractivity contribution in [3.8, 4) is 0 Å². The molecule has 0 unspecified atom stereocenters. The largest absolute Gasteiger partial charge is 0.271 e. The molecule has 27 heavy (non-hydrogen) atoms. The second-order valence-electron chi connectivity index (χ2n) is 6.29. The number of hydrogen-bond acceptors (Lipinski definition) is 3. The summed E-state index contributed by atoms with van der Waals surface area (Å²) in [6.45, 7) is 2.01. The highest BCUT2D eigenvalue weighted by atomic mass is 35.5. The van der Waals surface area contributed by atoms with Gasteiger partial charge in [0.1, 0.15) is 5.15 Å². The van der Waals surface area contributed by atoms with Gasteiger partial charge in [-0.3, -0.25) is 4.79 Å². The zero-order valence-electron chi connectivity index (χ0n) is 14.6. The van der Waals surface area contributed by atoms with Crippen molar-refractivity contribution < 1.29 is 4.79 Å². The van der Waals surface area contributed by atoms with E-state index in [-0.39, 0.29) is 5.91 Å². The molecule has 132 valence electrons. The van der Waals surface area contributed by atoms with Gasteiger partial charge in [0.25, 0.3) is 5.91 Å². The van der Waals surface area contributed by atoms with E-state index in [1.807, 2.05) is 67.6 Å². The van der Waals surface area contributed by atoms with Gasteiger partial charge in [-0.15, -0.1) is 0 Å². The molecule has 0 fully saturated rings. The van der Waals surface area contributed by atoms with Crippen LogP contribution in [0.25, 0.3) is 21.7 Å². The average Bonchev–Trinajstić information content (AvgIpc) is 2.68. The van der Waals surface area contributed by atoms with E-state index in [2.05, 4.69) is 15.5 Å². The number of amides is 1. The van der Waals surface area contributed by atoms with Crippen molar-refractivity contribution in [3.63, 3.8) is 0 Å². The molecule has 0 aliphatic rings. The summed E-state index contributed by atoms with van der Waals surface area (Å²) in [6, 6.07) is 21.2. The van der Waals surface area contributed by atoms with Crippen LogP contribution in [0.4, 0.5) is 0 Å². The van der Waals surface area contributed by atoms with Crippen molar-refractivity contribution >= 4 is 45.4 Å². The van der Waals surface area contributed by atoms with Crippen molar-refractivity contribution in [1.82, 2.24) is 10.4 Å². The quantitative estimate of drug-likeness (QED) is 0.308. The summed E-state index contributed by atoms with van der Waals surface area (Å²) in [5.41, 5.74) is 5.74. The van der Waals surface area contributed by atoms with Crippen LogP contribution in [-0.2, 0) is 0 Å². The Morgan fingerprint density at radius 3 is 2.74 bits per heavy atom. The van der Waals surface area contributed by atoms with Gasteiger partial charge in [0.2, 0.25) is 0 Å². The number of fused-ring (bicyclic) bond motifs is 2. The average molecular weight is 374 g/mol. The molecule has 0 atom stereocenters. The standard InChI is InChI=1S/C22H16ClN3O/c1-14-9-10-16-12-17(21(23)25-20(16)11-14)13-24-26-22(27)19-8-4-6-15-5-2-3-7-18(15)19/h2-13H,1H3,(H,26,27). The van der Waals surface area contributed by atoms with E-state index in [0.717, 1.165) is 27.2 Å². The summed E-state index contributed by atoms with van der Waals surface area (Å²) >= 11 is 6.25. The highest BCUT2D eigenvalue weighted by Gasteiger charge is 2.09. The van der Waals surface area contributed by atoms with Crippen LogP contribution in [0.2, 0.25) is 5.15 Å². The van der Waals surface area contributed by atoms with Crippen LogP contribution in [0.3, 0.4) is 0 Å². The summed E-state index contributed by atoms with van der Waals surface area (Å²) in [4.78, 5) is 16.9. The minimum absolute atomic E-state index is 0.274. The first-order chi connectivity index (χ1) is 13.1. The molecule has 4 rings (SSSR count). The Bertz CT molecular complexity index is 1200. The number of carbonyl (C=O) groups is 1. The number of aryl methyl sites for hydroxylation is 1. The number of pyridine rings is 1. The lowest BCUT2D eigenvalue weighted by molar-refractivity contribution is 0.0957. The topological polar surface area (TPSA) is 54.4 Å². The number of benzene rings is 3. The van der Waals surface area contributed by atoms with Crippen molar-refractivity contribution in [2.24, 2.45) is 5.10 Å². The number of carbonyl (C=O) groups excluding carboxylic acids is 1. The fraction of sp³-hybridized carbons (Fsp3) is 0.0455. The van der Waals surface area contributed by atoms with Crippen LogP contribution in [-0.4, -0.2) is 17.1 Å². The third kappa shape index (κ3) is 3.52. The lowest BCUT2D eigenvalue weighted by Crippen LogP contribution is -2.18. The molecule has 0 aliphatic carbocycles. The maximum absolute atomic E-state index is 12.5. The van der Waals surface area contributed by atoms with Crippen LogP contribution in [0.1, 0.15) is 21.5 Å². The number of hydrazone groups is 1. The van der Waals surface area contributed by atoms with Crippen LogP contribution < -0.4 is 5.43 Å². The number of halogens is 1. The predicted octanol–water partition coefficient (Wildman–Crippen LogP) is 5.11. The summed E-state index contributed by atoms with van der Waals surface area (Å²) in [7, 11) is 0. The zero-order chi connectivity index (χ0) is 18.8. The first kappa shape index (κ1) is 17.2. The van der Waals surface area contributed by atoms with Crippen molar-refractivity contribution in [2.45, 2.75) is 6.92 Å². The molecular formula is C22H16ClN3O. The predicted molar refractivity (Wildman–Crippen MR) is 110 cm³/mol. The van der Waals surface area contributed by atoms with Crippen LogP contribution in [0, 0.1) is 6.92 Å². The van der Waals surface area contributed by atoms with Gasteiger partial charge in [-0.1, -0.05) is 60.1 Å². The molecule has 5 heteroatoms. The molecule has 0 saturated heterocycles. The number of rotatable bonds is 3. The molecule has 0 saturated carbocycles. The minimum atomic E-state index is -0.274. The summed E-state index contributed by atoms with van der Waals surface area (Å²) in [5.74, 6) is -0.274. The van der Waals surface area contributed by atoms with Gasteiger partial charge in [0.05, 0.1) is 11.7 Å². The van der Waals surface area contributed by atoms with E-state index in [4.69, 9.17) is 11.6 Å². The van der Waals surface area contributed by atoms with Gasteiger partial charge >= 0.3 is 0 Å². The van der Waals surface area contributed by atoms with E-state index in [1.165, 1.54) is 6.21 Å². The third-order valence-corrected chi connectivity index (χ3v) is 4.66. The van der Waals surface area contributed by atoms with Gasteiger partial charge in [0, 0.05) is 16.5 Å². The molecule has 0 aliphatic heterocycles. The van der Waals surface area contributed by atoms with Gasteiger partial charge < -0.3 is 0 Å². The normalized spacial score (nSPS) is 11.3. The number of hydrogen-bond donors (Lipinski definition) is 1. The van der Waals surface area contributed by atoms with E-state index in [1.54, 1.807) is 6.07 Å². The molecule has 0 radical (unpaired) electrons. The Morgan fingerprint density at radius 2 is 1.85 bits per heavy atom. The van der Waals surface area contributed by atoms with Gasteiger partial charge in [-0.05, 0) is 41.5 Å². The Balaban J connectivity index is 1.58. The molecule has 4 nitrogen and oxygen atoms in total. The van der Waals surface area contributed by atoms with Crippen LogP contribution in [0.15, 0.2) is 71.8 Å². The van der Waals surface area contributed by atoms with Crippen molar-refractivity contribution in [2.75, 3.05) is 0 Å². The first-order valence-electron chi connectivity index (χ1n) is 8.50. The smallest absolute Gasteiger partial charge is 0.267 e. The molecule has 1 N–H and O–H groups in total. The van der Waals surface area contributed by atoms with E-state index in [9.17, 15) is 4.79 Å². The highest BCUT2D eigenvalue weighted by molar-refractivity contribution is 6.32. The van der Waals surface area contributed by atoms with Crippen LogP contribution in [0.5, 0.6) is 0 Å². The Morgan fingerprint density at radius 1 is 1.04 bits per heavy atom. The summed E-state index contributed by atoms with van der Waals surface area (Å²) in [6.07, 6.45) is 1.51. The number of nitrogens with one attached hydrogen (secondary N) is 1. The third-order valence-electron chi connectivity index (χ3n) is 4.36. The maximum atomic E-state index is 12.5. The molecular weight excluding hydrogens is 358 g/mol. The monoisotopic (exact) mass is 373 g/mol. The molecule has 0 bridgehead atoms. The van der Waals surface area contributed by atoms with Gasteiger partial charge in [-0.2, -0.15) is 5.10 Å². The molecule has 1 amide bonds. The second kappa shape index (κ2) is 7.17. The highest BCUT2D eigenvalue weighted by Crippen LogP contribution is 2.21. The summed E-state index contributed by atoms with van der Waals surface area (Å²) < 4.78 is 0. The minimum Gasteiger partial charge on any atom is -0.267 e. The maximum Gasteiger partial charge on any atom is 0.271 e. The lowest BCUT2D eigenvalue weighted by atomic mass is 10.0. The Labute approximate surface area is 161 Å². The zero-order valence-corrected chi connectivity index (χ0v) is 15.4. The van der Waals surface area contributed by atoms with E-state index < -0.39 is 0 Å². The van der Waals surface area contributed by atoms with Crippen molar-refractivity contribution in [3.05, 3.63) is 88.6 Å². The molecule has 1 aromatic heterocycles. The fourth-order valence-corrected chi connectivity index (χ4v) is 3.20. The fourth-order valence-electron chi connectivity index (χ4n) is 3.00. The van der Waals surface area contributed by atoms with Crippen molar-refractivity contribution in [1.29, 1.82) is 0 Å². The summed E-state index contributed by atoms with van der Waals surface area (Å²) in [5, 5.41) is 7.26. The molecule has 3 aromatic carbocycles. The molecule has 0 spiro atoms. The molecule has 1 heterocycles. The lowest BCUT2D eigenvalue weighted by Gasteiger charge is -2.05. The van der Waals surface area contributed by atoms with Gasteiger partial charge in [0.15, 0.2) is 0 Å². The Hall–Kier alpha value is -3.24. The van der Waals surface area contributed by atoms with E-state index >= 15 is 0 Å². The SMILES string of the molecule is Cc1ccc2cc(C=NNC(=O)c3cccc4ccccc34)c(Cl)nc2c1. The molecule has 4 aromatic rings. The van der Waals surface area contributed by atoms with Crippen LogP contribution >= 0.6 is 11.6 Å². The first-order valence-corrected chi connectivity index (χ1v) is 8.88. The Kier molecular flexibility index (Phi) is 4.57. The number of aromatic nitrogens is 1. The van der Waals surface area contributed by atoms with E-state index in [0.29, 0.717) is 16.3 Å². The van der Waals surface area contributed by atoms with Gasteiger partial charge in [-0.25, -0.2) is 10.4 Å².